The van der Waals surface area contributed by atoms with Crippen LogP contribution in [-0.2, 0) is 22.0 Å². The predicted octanol–water partition coefficient (Wildman–Crippen LogP) is 7.13. The fourth-order valence-electron chi connectivity index (χ4n) is 8.14. The van der Waals surface area contributed by atoms with Crippen LogP contribution in [0.4, 0.5) is 0 Å². The SMILES string of the molecule is CC1(C)CC(=O)CC(C)(C)P1c1cc(C[Si](C)(C)C)c(C[Si](C)(C)C)cc1C(P)(C1CCCN1)C1CCCN1. The minimum Gasteiger partial charge on any atom is -0.313 e. The maximum absolute atomic E-state index is 13.0. The summed E-state index contributed by atoms with van der Waals surface area (Å²) < 4.78 is 0. The van der Waals surface area contributed by atoms with E-state index in [2.05, 4.69) is 99.0 Å². The first kappa shape index (κ1) is 32.0. The molecule has 7 heteroatoms. The van der Waals surface area contributed by atoms with Gasteiger partial charge < -0.3 is 10.6 Å². The van der Waals surface area contributed by atoms with Crippen LogP contribution in [0.5, 0.6) is 0 Å². The molecule has 4 rings (SSSR count). The maximum atomic E-state index is 13.0. The Kier molecular flexibility index (Phi) is 9.29. The Morgan fingerprint density at radius 3 is 1.67 bits per heavy atom. The molecule has 39 heavy (non-hydrogen) atoms. The van der Waals surface area contributed by atoms with Crippen LogP contribution >= 0.6 is 17.2 Å². The van der Waals surface area contributed by atoms with Crippen molar-refractivity contribution in [2.24, 2.45) is 0 Å². The molecule has 0 aromatic heterocycles. The van der Waals surface area contributed by atoms with Crippen molar-refractivity contribution in [1.29, 1.82) is 0 Å². The third-order valence-corrected chi connectivity index (χ3v) is 16.8. The molecular weight excluding hydrogens is 546 g/mol. The molecule has 3 fully saturated rings. The number of ketones is 1. The number of nitrogens with one attached hydrogen (secondary N) is 2. The normalized spacial score (nSPS) is 27.6. The van der Waals surface area contributed by atoms with E-state index in [1.165, 1.54) is 37.8 Å². The van der Waals surface area contributed by atoms with Gasteiger partial charge in [0.2, 0.25) is 0 Å². The first-order chi connectivity index (χ1) is 17.8. The van der Waals surface area contributed by atoms with Gasteiger partial charge in [0, 0.05) is 46.2 Å². The number of carbonyl (C=O) groups is 1. The summed E-state index contributed by atoms with van der Waals surface area (Å²) >= 11 is 0. The summed E-state index contributed by atoms with van der Waals surface area (Å²) in [6, 6.07) is 8.90. The van der Waals surface area contributed by atoms with E-state index in [1.54, 1.807) is 22.0 Å². The molecule has 3 saturated heterocycles. The lowest BCUT2D eigenvalue weighted by Gasteiger charge is -2.52. The average molecular weight is 605 g/mol. The second kappa shape index (κ2) is 11.3. The Bertz CT molecular complexity index is 1030. The quantitative estimate of drug-likeness (QED) is 0.245. The van der Waals surface area contributed by atoms with Gasteiger partial charge in [-0.15, -0.1) is 9.24 Å². The summed E-state index contributed by atoms with van der Waals surface area (Å²) in [5.41, 5.74) is 4.87. The minimum atomic E-state index is -1.34. The van der Waals surface area contributed by atoms with Gasteiger partial charge in [-0.25, -0.2) is 0 Å². The highest BCUT2D eigenvalue weighted by atomic mass is 31.1. The summed E-state index contributed by atoms with van der Waals surface area (Å²) in [5, 5.41) is 9.54. The molecule has 2 N–H and O–H groups in total. The van der Waals surface area contributed by atoms with Crippen LogP contribution in [0.3, 0.4) is 0 Å². The number of benzene rings is 1. The van der Waals surface area contributed by atoms with Crippen molar-refractivity contribution in [2.75, 3.05) is 13.1 Å². The maximum Gasteiger partial charge on any atom is 0.134 e. The molecule has 0 radical (unpaired) electrons. The Balaban J connectivity index is 2.04. The average Bonchev–Trinajstić information content (AvgIpc) is 3.45. The summed E-state index contributed by atoms with van der Waals surface area (Å²) in [6.07, 6.45) is 6.44. The van der Waals surface area contributed by atoms with E-state index in [-0.39, 0.29) is 15.5 Å². The lowest BCUT2D eigenvalue weighted by Crippen LogP contribution is -2.55. The zero-order valence-corrected chi connectivity index (χ0v) is 30.9. The third-order valence-electron chi connectivity index (χ3n) is 9.21. The molecule has 3 aliphatic rings. The van der Waals surface area contributed by atoms with Gasteiger partial charge in [-0.1, -0.05) is 87.0 Å². The van der Waals surface area contributed by atoms with Crippen molar-refractivity contribution < 1.29 is 4.79 Å². The van der Waals surface area contributed by atoms with Crippen LogP contribution in [0.25, 0.3) is 0 Å². The second-order valence-electron chi connectivity index (χ2n) is 16.7. The van der Waals surface area contributed by atoms with Crippen molar-refractivity contribution in [1.82, 2.24) is 10.6 Å². The van der Waals surface area contributed by atoms with Crippen molar-refractivity contribution >= 4 is 44.4 Å². The van der Waals surface area contributed by atoms with Gasteiger partial charge in [0.05, 0.1) is 0 Å². The molecule has 3 nitrogen and oxygen atoms in total. The summed E-state index contributed by atoms with van der Waals surface area (Å²) in [5.74, 6) is 0.454. The first-order valence-corrected chi connectivity index (χ1v) is 24.9. The molecule has 220 valence electrons. The zero-order chi connectivity index (χ0) is 29.0. The van der Waals surface area contributed by atoms with E-state index in [0.29, 0.717) is 17.9 Å². The molecule has 3 aliphatic heterocycles. The van der Waals surface area contributed by atoms with Crippen molar-refractivity contribution in [3.63, 3.8) is 0 Å². The molecule has 0 spiro atoms. The number of Topliss-reactive ketones (excluding diaryl/α,β-unsaturated/α-hetero) is 1. The number of rotatable bonds is 8. The van der Waals surface area contributed by atoms with Gasteiger partial charge in [-0.2, -0.15) is 0 Å². The summed E-state index contributed by atoms with van der Waals surface area (Å²) in [4.78, 5) is 13.0. The van der Waals surface area contributed by atoms with Crippen LogP contribution in [-0.4, -0.2) is 57.4 Å². The largest absolute Gasteiger partial charge is 0.313 e. The van der Waals surface area contributed by atoms with Crippen molar-refractivity contribution in [3.05, 3.63) is 28.8 Å². The Labute approximate surface area is 246 Å². The lowest BCUT2D eigenvalue weighted by molar-refractivity contribution is -0.120. The molecule has 0 aliphatic carbocycles. The first-order valence-electron chi connectivity index (χ1n) is 15.6. The third kappa shape index (κ3) is 7.02. The molecule has 3 heterocycles. The van der Waals surface area contributed by atoms with E-state index >= 15 is 0 Å². The molecule has 1 aromatic rings. The van der Waals surface area contributed by atoms with Crippen molar-refractivity contribution in [2.45, 2.75) is 145 Å². The zero-order valence-electron chi connectivity index (χ0n) is 26.8. The van der Waals surface area contributed by atoms with Crippen LogP contribution in [0.2, 0.25) is 39.3 Å². The highest BCUT2D eigenvalue weighted by molar-refractivity contribution is 7.69. The Morgan fingerprint density at radius 1 is 0.846 bits per heavy atom. The Hall–Kier alpha value is 0.104. The van der Waals surface area contributed by atoms with Crippen LogP contribution in [0.1, 0.15) is 82.9 Å². The molecule has 3 atom stereocenters. The highest BCUT2D eigenvalue weighted by Crippen LogP contribution is 2.65. The van der Waals surface area contributed by atoms with Gasteiger partial charge in [0.15, 0.2) is 0 Å². The minimum absolute atomic E-state index is 0.00255. The standard InChI is InChI=1S/C32H58N2OP2Si2/c1-30(2)19-25(35)20-31(3,4)37(30)27-18-24(22-39(8,9)10)23(21-38(5,6)7)17-26(27)32(36,28-13-11-15-33-28)29-14-12-16-34-29/h17-18,28-29,33-34H,11-16,19-22,36H2,1-10H3. The van der Waals surface area contributed by atoms with E-state index in [4.69, 9.17) is 0 Å². The van der Waals surface area contributed by atoms with E-state index in [1.807, 2.05) is 0 Å². The summed E-state index contributed by atoms with van der Waals surface area (Å²) in [6.45, 7) is 27.1. The van der Waals surface area contributed by atoms with Crippen LogP contribution in [0, 0.1) is 0 Å². The second-order valence-corrected chi connectivity index (χ2v) is 32.2. The van der Waals surface area contributed by atoms with E-state index in [9.17, 15) is 4.79 Å². The molecule has 0 bridgehead atoms. The fraction of sp³-hybridized carbons (Fsp3) is 0.781. The van der Waals surface area contributed by atoms with Gasteiger partial charge >= 0.3 is 0 Å². The molecular formula is C32H58N2OP2Si2. The lowest BCUT2D eigenvalue weighted by atomic mass is 9.81. The van der Waals surface area contributed by atoms with Gasteiger partial charge in [-0.3, -0.25) is 4.79 Å². The Morgan fingerprint density at radius 2 is 1.28 bits per heavy atom. The monoisotopic (exact) mass is 604 g/mol. The summed E-state index contributed by atoms with van der Waals surface area (Å²) in [7, 11) is 0.260. The number of carbonyl (C=O) groups excluding carboxylic acids is 1. The molecule has 1 aromatic carbocycles. The van der Waals surface area contributed by atoms with Gasteiger partial charge in [-0.05, 0) is 83.2 Å². The predicted molar refractivity (Wildman–Crippen MR) is 183 cm³/mol. The molecule has 0 saturated carbocycles. The smallest absolute Gasteiger partial charge is 0.134 e. The van der Waals surface area contributed by atoms with Crippen LogP contribution < -0.4 is 15.9 Å². The van der Waals surface area contributed by atoms with Crippen molar-refractivity contribution in [3.8, 4) is 0 Å². The highest BCUT2D eigenvalue weighted by Gasteiger charge is 2.52. The topological polar surface area (TPSA) is 41.1 Å². The molecule has 3 unspecified atom stereocenters. The van der Waals surface area contributed by atoms with E-state index < -0.39 is 24.1 Å². The molecule has 0 amide bonds. The number of hydrogen-bond donors (Lipinski definition) is 2. The van der Waals surface area contributed by atoms with E-state index in [0.717, 1.165) is 25.9 Å². The van der Waals surface area contributed by atoms with Gasteiger partial charge in [0.25, 0.3) is 0 Å². The number of hydrogen-bond acceptors (Lipinski definition) is 3. The fourth-order valence-corrected chi connectivity index (χ4v) is 16.4. The van der Waals surface area contributed by atoms with Crippen LogP contribution in [0.15, 0.2) is 12.1 Å². The van der Waals surface area contributed by atoms with Gasteiger partial charge in [0.1, 0.15) is 5.78 Å².